The molecule has 1 atom stereocenters. The molecule has 2 rings (SSSR count). The van der Waals surface area contributed by atoms with Crippen LogP contribution in [0.5, 0.6) is 0 Å². The molecule has 0 N–H and O–H groups in total. The Balaban J connectivity index is 2.39. The second kappa shape index (κ2) is 4.14. The first-order chi connectivity index (χ1) is 7.74. The Hall–Kier alpha value is -2.16. The Morgan fingerprint density at radius 3 is 3.19 bits per heavy atom. The van der Waals surface area contributed by atoms with E-state index in [2.05, 4.69) is 21.3 Å². The minimum Gasteiger partial charge on any atom is -0.353 e. The van der Waals surface area contributed by atoms with Crippen LogP contribution in [0.3, 0.4) is 0 Å². The molecule has 6 heteroatoms. The molecule has 0 radical (unpaired) electrons. The molecule has 0 amide bonds. The first-order valence-electron chi connectivity index (χ1n) is 4.98. The Labute approximate surface area is 93.2 Å². The fourth-order valence-electron chi connectivity index (χ4n) is 1.47. The van der Waals surface area contributed by atoms with Crippen molar-refractivity contribution in [1.82, 2.24) is 19.6 Å². The van der Waals surface area contributed by atoms with Gasteiger partial charge in [-0.3, -0.25) is 4.40 Å². The largest absolute Gasteiger partial charge is 0.353 e. The van der Waals surface area contributed by atoms with Crippen LogP contribution in [-0.2, 0) is 0 Å². The van der Waals surface area contributed by atoms with E-state index in [1.807, 2.05) is 18.9 Å². The summed E-state index contributed by atoms with van der Waals surface area (Å²) in [6.07, 6.45) is 5.57. The first kappa shape index (κ1) is 10.4. The summed E-state index contributed by atoms with van der Waals surface area (Å²) in [5, 5.41) is 16.5. The maximum atomic E-state index is 8.68. The van der Waals surface area contributed by atoms with Gasteiger partial charge < -0.3 is 4.90 Å². The Morgan fingerprint density at radius 1 is 1.62 bits per heavy atom. The lowest BCUT2D eigenvalue weighted by Gasteiger charge is -2.23. The predicted octanol–water partition coefficient (Wildman–Crippen LogP) is 0.863. The number of rotatable bonds is 3. The van der Waals surface area contributed by atoms with Gasteiger partial charge >= 0.3 is 0 Å². The van der Waals surface area contributed by atoms with E-state index < -0.39 is 0 Å². The molecule has 0 aliphatic carbocycles. The summed E-state index contributed by atoms with van der Waals surface area (Å²) in [4.78, 5) is 6.21. The fraction of sp³-hybridized carbons (Fsp3) is 0.400. The topological polar surface area (TPSA) is 70.1 Å². The van der Waals surface area contributed by atoms with Gasteiger partial charge in [-0.25, -0.2) is 4.98 Å². The number of hydrogen-bond acceptors (Lipinski definition) is 5. The van der Waals surface area contributed by atoms with Crippen molar-refractivity contribution >= 4 is 11.5 Å². The summed E-state index contributed by atoms with van der Waals surface area (Å²) in [5.41, 5.74) is 0.704. The lowest BCUT2D eigenvalue weighted by molar-refractivity contribution is 0.694. The number of nitrogens with zero attached hydrogens (tertiary/aromatic N) is 6. The minimum atomic E-state index is 0.0976. The van der Waals surface area contributed by atoms with Crippen LogP contribution in [0.4, 0.5) is 5.82 Å². The molecule has 0 saturated heterocycles. The van der Waals surface area contributed by atoms with Crippen molar-refractivity contribution in [1.29, 1.82) is 5.26 Å². The summed E-state index contributed by atoms with van der Waals surface area (Å²) < 4.78 is 1.80. The van der Waals surface area contributed by atoms with E-state index in [1.165, 1.54) is 0 Å². The summed E-state index contributed by atoms with van der Waals surface area (Å²) in [7, 11) is 1.90. The van der Waals surface area contributed by atoms with Gasteiger partial charge in [0, 0.05) is 25.5 Å². The van der Waals surface area contributed by atoms with E-state index in [0.717, 1.165) is 5.82 Å². The van der Waals surface area contributed by atoms with Crippen LogP contribution < -0.4 is 4.90 Å². The van der Waals surface area contributed by atoms with Crippen molar-refractivity contribution in [3.8, 4) is 6.07 Å². The minimum absolute atomic E-state index is 0.0976. The highest BCUT2D eigenvalue weighted by molar-refractivity contribution is 5.63. The molecule has 0 aliphatic rings. The van der Waals surface area contributed by atoms with Crippen molar-refractivity contribution in [3.63, 3.8) is 0 Å². The average Bonchev–Trinajstić information content (AvgIpc) is 2.76. The number of fused-ring (bicyclic) bond motifs is 1. The SMILES string of the molecule is CC(CC#N)N(C)c1nccn2cnnc12. The average molecular weight is 216 g/mol. The molecule has 2 heterocycles. The lowest BCUT2D eigenvalue weighted by Crippen LogP contribution is -2.29. The van der Waals surface area contributed by atoms with E-state index in [9.17, 15) is 0 Å². The second-order valence-corrected chi connectivity index (χ2v) is 3.63. The molecule has 2 aromatic heterocycles. The van der Waals surface area contributed by atoms with Crippen molar-refractivity contribution in [3.05, 3.63) is 18.7 Å². The van der Waals surface area contributed by atoms with Crippen LogP contribution in [0, 0.1) is 11.3 Å². The number of nitriles is 1. The maximum Gasteiger partial charge on any atom is 0.203 e. The van der Waals surface area contributed by atoms with E-state index >= 15 is 0 Å². The Morgan fingerprint density at radius 2 is 2.44 bits per heavy atom. The quantitative estimate of drug-likeness (QED) is 0.761. The second-order valence-electron chi connectivity index (χ2n) is 3.63. The van der Waals surface area contributed by atoms with Gasteiger partial charge in [-0.2, -0.15) is 5.26 Å². The third kappa shape index (κ3) is 1.67. The molecule has 1 unspecified atom stereocenters. The van der Waals surface area contributed by atoms with Crippen LogP contribution in [-0.4, -0.2) is 32.7 Å². The summed E-state index contributed by atoms with van der Waals surface area (Å²) in [5.74, 6) is 0.739. The van der Waals surface area contributed by atoms with Crippen LogP contribution in [0.1, 0.15) is 13.3 Å². The molecular formula is C10H12N6. The predicted molar refractivity (Wildman–Crippen MR) is 58.9 cm³/mol. The molecule has 0 saturated carbocycles. The van der Waals surface area contributed by atoms with Crippen LogP contribution in [0.15, 0.2) is 18.7 Å². The van der Waals surface area contributed by atoms with Crippen molar-refractivity contribution in [2.45, 2.75) is 19.4 Å². The third-order valence-electron chi connectivity index (χ3n) is 2.58. The van der Waals surface area contributed by atoms with E-state index in [1.54, 1.807) is 23.1 Å². The van der Waals surface area contributed by atoms with Crippen molar-refractivity contribution in [2.75, 3.05) is 11.9 Å². The molecule has 6 nitrogen and oxygen atoms in total. The zero-order valence-corrected chi connectivity index (χ0v) is 9.20. The zero-order valence-electron chi connectivity index (χ0n) is 9.20. The van der Waals surface area contributed by atoms with E-state index in [4.69, 9.17) is 5.26 Å². The van der Waals surface area contributed by atoms with Gasteiger partial charge in [0.2, 0.25) is 5.65 Å². The van der Waals surface area contributed by atoms with Gasteiger partial charge in [-0.15, -0.1) is 10.2 Å². The van der Waals surface area contributed by atoms with Crippen LogP contribution in [0.2, 0.25) is 0 Å². The molecule has 82 valence electrons. The molecule has 16 heavy (non-hydrogen) atoms. The first-order valence-corrected chi connectivity index (χ1v) is 4.98. The van der Waals surface area contributed by atoms with Gasteiger partial charge in [-0.1, -0.05) is 0 Å². The zero-order chi connectivity index (χ0) is 11.5. The molecule has 0 aromatic carbocycles. The Kier molecular flexibility index (Phi) is 2.68. The van der Waals surface area contributed by atoms with Gasteiger partial charge in [0.05, 0.1) is 12.5 Å². The van der Waals surface area contributed by atoms with Gasteiger partial charge in [0.1, 0.15) is 6.33 Å². The fourth-order valence-corrected chi connectivity index (χ4v) is 1.47. The van der Waals surface area contributed by atoms with E-state index in [-0.39, 0.29) is 6.04 Å². The van der Waals surface area contributed by atoms with Gasteiger partial charge in [0.25, 0.3) is 0 Å². The standard InChI is InChI=1S/C10H12N6/c1-8(3-4-11)15(2)9-10-14-13-7-16(10)6-5-12-9/h5-8H,3H2,1-2H3. The molecule has 2 aromatic rings. The van der Waals surface area contributed by atoms with Gasteiger partial charge in [0.15, 0.2) is 5.82 Å². The van der Waals surface area contributed by atoms with Crippen LogP contribution in [0.25, 0.3) is 5.65 Å². The highest BCUT2D eigenvalue weighted by Gasteiger charge is 2.15. The van der Waals surface area contributed by atoms with E-state index in [0.29, 0.717) is 12.1 Å². The summed E-state index contributed by atoms with van der Waals surface area (Å²) in [6, 6.07) is 2.25. The molecule has 0 spiro atoms. The Bertz CT molecular complexity index is 525. The third-order valence-corrected chi connectivity index (χ3v) is 2.58. The summed E-state index contributed by atoms with van der Waals surface area (Å²) in [6.45, 7) is 1.98. The highest BCUT2D eigenvalue weighted by atomic mass is 15.3. The molecule has 0 fully saturated rings. The molecular weight excluding hydrogens is 204 g/mol. The van der Waals surface area contributed by atoms with Crippen molar-refractivity contribution < 1.29 is 0 Å². The van der Waals surface area contributed by atoms with Gasteiger partial charge in [-0.05, 0) is 6.92 Å². The smallest absolute Gasteiger partial charge is 0.203 e. The lowest BCUT2D eigenvalue weighted by atomic mass is 10.2. The normalized spacial score (nSPS) is 12.3. The number of anilines is 1. The number of hydrogen-bond donors (Lipinski definition) is 0. The van der Waals surface area contributed by atoms with Crippen molar-refractivity contribution in [2.24, 2.45) is 0 Å². The molecule has 0 aliphatic heterocycles. The highest BCUT2D eigenvalue weighted by Crippen LogP contribution is 2.17. The maximum absolute atomic E-state index is 8.68. The number of aromatic nitrogens is 4. The molecule has 0 bridgehead atoms. The monoisotopic (exact) mass is 216 g/mol. The summed E-state index contributed by atoms with van der Waals surface area (Å²) >= 11 is 0. The van der Waals surface area contributed by atoms with Crippen LogP contribution >= 0.6 is 0 Å².